The molecule has 0 heterocycles. The molecule has 5 N–H and O–H groups in total. The second kappa shape index (κ2) is 15.7. The van der Waals surface area contributed by atoms with Crippen LogP contribution in [-0.4, -0.2) is 40.8 Å². The third kappa shape index (κ3) is 10.9. The minimum atomic E-state index is -4.20. The number of nitrogens with one attached hydrogen (secondary N) is 2. The van der Waals surface area contributed by atoms with Crippen molar-refractivity contribution in [2.45, 2.75) is 51.0 Å². The number of rotatable bonds is 15. The number of carbonyl (C=O) groups is 3. The van der Waals surface area contributed by atoms with Crippen LogP contribution in [-0.2, 0) is 38.3 Å². The van der Waals surface area contributed by atoms with Gasteiger partial charge in [-0.25, -0.2) is 4.79 Å². The lowest BCUT2D eigenvalue weighted by Gasteiger charge is -2.28. The van der Waals surface area contributed by atoms with E-state index in [-0.39, 0.29) is 13.0 Å². The maximum atomic E-state index is 13.9. The molecule has 41 heavy (non-hydrogen) atoms. The Morgan fingerprint density at radius 3 is 1.95 bits per heavy atom. The van der Waals surface area contributed by atoms with Crippen LogP contribution in [0.1, 0.15) is 36.5 Å². The number of alkyl carbamates (subject to hydrolysis) is 1. The molecule has 0 radical (unpaired) electrons. The first-order valence-electron chi connectivity index (χ1n) is 13.6. The molecule has 3 aromatic rings. The molecule has 10 heteroatoms. The van der Waals surface area contributed by atoms with Crippen LogP contribution in [0.5, 0.6) is 0 Å². The van der Waals surface area contributed by atoms with Gasteiger partial charge < -0.3 is 26.0 Å². The van der Waals surface area contributed by atoms with Crippen molar-refractivity contribution in [3.8, 4) is 0 Å². The Morgan fingerprint density at radius 1 is 0.854 bits per heavy atom. The summed E-state index contributed by atoms with van der Waals surface area (Å²) in [5.74, 6) is -3.34. The van der Waals surface area contributed by atoms with Gasteiger partial charge in [-0.1, -0.05) is 91.0 Å². The van der Waals surface area contributed by atoms with Crippen molar-refractivity contribution in [3.63, 3.8) is 0 Å². The Bertz CT molecular complexity index is 1310. The van der Waals surface area contributed by atoms with E-state index in [1.165, 1.54) is 6.92 Å². The van der Waals surface area contributed by atoms with Crippen LogP contribution < -0.4 is 16.4 Å². The molecule has 0 aromatic heterocycles. The second-order valence-corrected chi connectivity index (χ2v) is 12.6. The monoisotopic (exact) mass is 579 g/mol. The first-order valence-corrected chi connectivity index (χ1v) is 15.5. The number of nitrogens with two attached hydrogens (primary N) is 1. The number of amides is 3. The molecule has 0 aliphatic heterocycles. The molecule has 0 saturated carbocycles. The van der Waals surface area contributed by atoms with Crippen LogP contribution in [0.3, 0.4) is 0 Å². The largest absolute Gasteiger partial charge is 0.445 e. The van der Waals surface area contributed by atoms with Crippen molar-refractivity contribution in [1.29, 1.82) is 0 Å². The Morgan fingerprint density at radius 2 is 1.39 bits per heavy atom. The fourth-order valence-electron chi connectivity index (χ4n) is 4.38. The number of carbonyl (C=O) groups excluding carboxylic acids is 3. The fraction of sp³-hybridized carbons (Fsp3) is 0.323. The lowest BCUT2D eigenvalue weighted by Crippen LogP contribution is -2.46. The SMILES string of the molecule is C[C@H](NC(=O)C(CCCc1ccccc1)CP(=O)(O)C(Cc1ccccc1)NC(=O)OCc1ccccc1)C(N)=O. The molecule has 3 aromatic carbocycles. The van der Waals surface area contributed by atoms with Gasteiger partial charge in [0, 0.05) is 18.5 Å². The molecule has 0 fully saturated rings. The van der Waals surface area contributed by atoms with Gasteiger partial charge in [0.1, 0.15) is 18.4 Å². The molecule has 9 nitrogen and oxygen atoms in total. The van der Waals surface area contributed by atoms with Gasteiger partial charge in [0.15, 0.2) is 0 Å². The van der Waals surface area contributed by atoms with Gasteiger partial charge in [-0.15, -0.1) is 0 Å². The van der Waals surface area contributed by atoms with E-state index in [2.05, 4.69) is 10.6 Å². The highest BCUT2D eigenvalue weighted by Crippen LogP contribution is 2.48. The molecule has 3 unspecified atom stereocenters. The summed E-state index contributed by atoms with van der Waals surface area (Å²) in [5.41, 5.74) is 7.92. The first-order chi connectivity index (χ1) is 19.6. The Labute approximate surface area is 240 Å². The zero-order valence-corrected chi connectivity index (χ0v) is 24.0. The van der Waals surface area contributed by atoms with Gasteiger partial charge >= 0.3 is 6.09 Å². The minimum Gasteiger partial charge on any atom is -0.445 e. The topological polar surface area (TPSA) is 148 Å². The summed E-state index contributed by atoms with van der Waals surface area (Å²) in [4.78, 5) is 48.9. The zero-order chi connectivity index (χ0) is 29.7. The van der Waals surface area contributed by atoms with E-state index in [4.69, 9.17) is 10.5 Å². The van der Waals surface area contributed by atoms with Crippen molar-refractivity contribution in [2.24, 2.45) is 11.7 Å². The first kappa shape index (κ1) is 31.6. The van der Waals surface area contributed by atoms with E-state index in [0.29, 0.717) is 19.3 Å². The molecule has 0 saturated heterocycles. The van der Waals surface area contributed by atoms with Gasteiger partial charge in [0.25, 0.3) is 0 Å². The predicted octanol–water partition coefficient (Wildman–Crippen LogP) is 4.38. The average Bonchev–Trinajstić information content (AvgIpc) is 2.96. The minimum absolute atomic E-state index is 0.00398. The summed E-state index contributed by atoms with van der Waals surface area (Å²) in [6, 6.07) is 26.9. The number of hydrogen-bond donors (Lipinski definition) is 4. The van der Waals surface area contributed by atoms with Crippen LogP contribution in [0.4, 0.5) is 4.79 Å². The number of hydrogen-bond acceptors (Lipinski definition) is 5. The summed E-state index contributed by atoms with van der Waals surface area (Å²) in [6.45, 7) is 1.46. The van der Waals surface area contributed by atoms with E-state index in [0.717, 1.165) is 16.7 Å². The molecule has 218 valence electrons. The van der Waals surface area contributed by atoms with Crippen molar-refractivity contribution >= 4 is 25.3 Å². The van der Waals surface area contributed by atoms with Crippen LogP contribution in [0.15, 0.2) is 91.0 Å². The van der Waals surface area contributed by atoms with Gasteiger partial charge in [0.2, 0.25) is 19.2 Å². The number of ether oxygens (including phenoxy) is 1. The number of aryl methyl sites for hydroxylation is 1. The average molecular weight is 580 g/mol. The summed E-state index contributed by atoms with van der Waals surface area (Å²) >= 11 is 0. The summed E-state index contributed by atoms with van der Waals surface area (Å²) in [7, 11) is -4.20. The second-order valence-electron chi connectivity index (χ2n) is 10.1. The maximum absolute atomic E-state index is 13.9. The summed E-state index contributed by atoms with van der Waals surface area (Å²) < 4.78 is 19.2. The molecule has 4 atom stereocenters. The highest BCUT2D eigenvalue weighted by Gasteiger charge is 2.38. The molecule has 3 amide bonds. The highest BCUT2D eigenvalue weighted by molar-refractivity contribution is 7.58. The lowest BCUT2D eigenvalue weighted by molar-refractivity contribution is -0.129. The Kier molecular flexibility index (Phi) is 12.1. The number of benzene rings is 3. The third-order valence-electron chi connectivity index (χ3n) is 6.76. The van der Waals surface area contributed by atoms with Gasteiger partial charge in [-0.05, 0) is 42.9 Å². The van der Waals surface area contributed by atoms with E-state index >= 15 is 0 Å². The molecule has 0 aliphatic rings. The van der Waals surface area contributed by atoms with Crippen molar-refractivity contribution in [1.82, 2.24) is 10.6 Å². The molecule has 3 rings (SSSR count). The normalized spacial score (nSPS) is 14.6. The highest BCUT2D eigenvalue weighted by atomic mass is 31.2. The fourth-order valence-corrected chi connectivity index (χ4v) is 6.42. The van der Waals surface area contributed by atoms with Gasteiger partial charge in [-0.3, -0.25) is 14.2 Å². The molecular formula is C31H38N3O6P. The summed E-state index contributed by atoms with van der Waals surface area (Å²) in [5, 5.41) is 5.14. The summed E-state index contributed by atoms with van der Waals surface area (Å²) in [6.07, 6.45) is 0.372. The Hall–Kier alpha value is -3.94. The van der Waals surface area contributed by atoms with Crippen molar-refractivity contribution in [2.75, 3.05) is 6.16 Å². The van der Waals surface area contributed by atoms with Crippen molar-refractivity contribution in [3.05, 3.63) is 108 Å². The number of primary amides is 1. The van der Waals surface area contributed by atoms with Crippen LogP contribution in [0, 0.1) is 5.92 Å². The zero-order valence-electron chi connectivity index (χ0n) is 23.1. The van der Waals surface area contributed by atoms with Crippen LogP contribution in [0.25, 0.3) is 0 Å². The van der Waals surface area contributed by atoms with E-state index in [1.54, 1.807) is 36.4 Å². The standard InChI is InChI=1S/C31H38N3O6P/c1-23(29(32)35)33-30(36)27(19-11-18-24-12-5-2-6-13-24)22-41(38,39)28(20-25-14-7-3-8-15-25)34-31(37)40-21-26-16-9-4-10-17-26/h2-10,12-17,23,27-28H,11,18-22H2,1H3,(H2,32,35)(H,33,36)(H,34,37)(H,38,39)/t23-,27?,28?/m0/s1. The maximum Gasteiger partial charge on any atom is 0.408 e. The Balaban J connectivity index is 1.77. The third-order valence-corrected chi connectivity index (χ3v) is 9.00. The van der Waals surface area contributed by atoms with Gasteiger partial charge in [0.05, 0.1) is 0 Å². The van der Waals surface area contributed by atoms with E-state index < -0.39 is 49.2 Å². The predicted molar refractivity (Wildman–Crippen MR) is 158 cm³/mol. The molecular weight excluding hydrogens is 541 g/mol. The molecule has 0 aliphatic carbocycles. The van der Waals surface area contributed by atoms with E-state index in [9.17, 15) is 23.8 Å². The van der Waals surface area contributed by atoms with Gasteiger partial charge in [-0.2, -0.15) is 0 Å². The smallest absolute Gasteiger partial charge is 0.408 e. The molecule has 0 spiro atoms. The van der Waals surface area contributed by atoms with Crippen molar-refractivity contribution < 1.29 is 28.6 Å². The van der Waals surface area contributed by atoms with Crippen LogP contribution in [0.2, 0.25) is 0 Å². The quantitative estimate of drug-likeness (QED) is 0.197. The van der Waals surface area contributed by atoms with E-state index in [1.807, 2.05) is 54.6 Å². The van der Waals surface area contributed by atoms with Crippen LogP contribution >= 0.6 is 7.37 Å². The lowest BCUT2D eigenvalue weighted by atomic mass is 10.00. The molecule has 0 bridgehead atoms.